The first-order valence-electron chi connectivity index (χ1n) is 6.49. The molecule has 1 aliphatic rings. The van der Waals surface area contributed by atoms with E-state index in [0.717, 1.165) is 0 Å². The van der Waals surface area contributed by atoms with Crippen molar-refractivity contribution in [2.75, 3.05) is 19.7 Å². The summed E-state index contributed by atoms with van der Waals surface area (Å²) in [6.45, 7) is 0.372. The number of piperidine rings is 1. The number of rotatable bonds is 3. The molecule has 2 N–H and O–H groups in total. The molecule has 0 bridgehead atoms. The Morgan fingerprint density at radius 3 is 2.60 bits per heavy atom. The molecule has 1 unspecified atom stereocenters. The Balaban J connectivity index is 2.09. The van der Waals surface area contributed by atoms with Crippen molar-refractivity contribution in [3.63, 3.8) is 0 Å². The summed E-state index contributed by atoms with van der Waals surface area (Å²) in [6, 6.07) is 5.11. The van der Waals surface area contributed by atoms with Crippen molar-refractivity contribution >= 4 is 29.1 Å². The average Bonchev–Trinajstić information content (AvgIpc) is 2.43. The van der Waals surface area contributed by atoms with Gasteiger partial charge in [0, 0.05) is 16.6 Å². The van der Waals surface area contributed by atoms with Crippen LogP contribution in [0.4, 0.5) is 0 Å². The summed E-state index contributed by atoms with van der Waals surface area (Å²) in [7, 11) is 0. The first-order valence-corrected chi connectivity index (χ1v) is 7.25. The molecule has 1 amide bonds. The van der Waals surface area contributed by atoms with Gasteiger partial charge in [-0.15, -0.1) is 0 Å². The monoisotopic (exact) mass is 317 g/mol. The highest BCUT2D eigenvalue weighted by atomic mass is 35.5. The van der Waals surface area contributed by atoms with E-state index >= 15 is 0 Å². The molecule has 4 nitrogen and oxygen atoms in total. The third-order valence-corrected chi connectivity index (χ3v) is 4.30. The van der Waals surface area contributed by atoms with Crippen LogP contribution < -0.4 is 0 Å². The Morgan fingerprint density at radius 1 is 1.35 bits per heavy atom. The van der Waals surface area contributed by atoms with Gasteiger partial charge < -0.3 is 15.1 Å². The Kier molecular flexibility index (Phi) is 4.91. The van der Waals surface area contributed by atoms with Crippen LogP contribution in [0, 0.1) is 0 Å². The molecule has 1 aliphatic heterocycles. The standard InChI is InChI=1S/C14H17Cl2NO3/c15-11-3-1-4-12(16)10(11)7-13(19)17-6-2-5-14(20,8-17)9-18/h1,3-4,18,20H,2,5-9H2. The molecule has 0 aliphatic carbocycles. The molecule has 1 heterocycles. The van der Waals surface area contributed by atoms with Gasteiger partial charge in [-0.1, -0.05) is 29.3 Å². The molecule has 0 radical (unpaired) electrons. The highest BCUT2D eigenvalue weighted by Crippen LogP contribution is 2.26. The van der Waals surface area contributed by atoms with E-state index in [-0.39, 0.29) is 25.5 Å². The van der Waals surface area contributed by atoms with Crippen LogP contribution in [0.15, 0.2) is 18.2 Å². The summed E-state index contributed by atoms with van der Waals surface area (Å²) in [5.74, 6) is -0.147. The van der Waals surface area contributed by atoms with Crippen LogP contribution in [0.3, 0.4) is 0 Å². The number of benzene rings is 1. The van der Waals surface area contributed by atoms with Crippen molar-refractivity contribution in [2.24, 2.45) is 0 Å². The minimum absolute atomic E-state index is 0.0972. The van der Waals surface area contributed by atoms with Crippen LogP contribution in [0.1, 0.15) is 18.4 Å². The van der Waals surface area contributed by atoms with E-state index in [9.17, 15) is 15.0 Å². The minimum atomic E-state index is -1.20. The number of hydrogen-bond acceptors (Lipinski definition) is 3. The van der Waals surface area contributed by atoms with Crippen molar-refractivity contribution < 1.29 is 15.0 Å². The van der Waals surface area contributed by atoms with Gasteiger partial charge in [0.1, 0.15) is 5.60 Å². The van der Waals surface area contributed by atoms with Crippen LogP contribution in [-0.4, -0.2) is 46.3 Å². The number of carbonyl (C=O) groups excluding carboxylic acids is 1. The smallest absolute Gasteiger partial charge is 0.227 e. The zero-order chi connectivity index (χ0) is 14.8. The fourth-order valence-electron chi connectivity index (χ4n) is 2.42. The fraction of sp³-hybridized carbons (Fsp3) is 0.500. The lowest BCUT2D eigenvalue weighted by Crippen LogP contribution is -2.52. The predicted molar refractivity (Wildman–Crippen MR) is 78.0 cm³/mol. The van der Waals surface area contributed by atoms with Gasteiger partial charge in [0.25, 0.3) is 0 Å². The molecule has 6 heteroatoms. The number of carbonyl (C=O) groups is 1. The van der Waals surface area contributed by atoms with E-state index in [1.165, 1.54) is 0 Å². The fourth-order valence-corrected chi connectivity index (χ4v) is 2.95. The van der Waals surface area contributed by atoms with Gasteiger partial charge in [0.15, 0.2) is 0 Å². The molecule has 110 valence electrons. The zero-order valence-corrected chi connectivity index (χ0v) is 12.5. The predicted octanol–water partition coefficient (Wildman–Crippen LogP) is 1.88. The third-order valence-electron chi connectivity index (χ3n) is 3.59. The van der Waals surface area contributed by atoms with Gasteiger partial charge in [0.05, 0.1) is 19.6 Å². The van der Waals surface area contributed by atoms with E-state index in [1.807, 2.05) is 0 Å². The van der Waals surface area contributed by atoms with Crippen LogP contribution in [0.25, 0.3) is 0 Å². The van der Waals surface area contributed by atoms with Crippen molar-refractivity contribution in [1.82, 2.24) is 4.90 Å². The van der Waals surface area contributed by atoms with E-state index in [4.69, 9.17) is 23.2 Å². The van der Waals surface area contributed by atoms with E-state index in [1.54, 1.807) is 23.1 Å². The van der Waals surface area contributed by atoms with Crippen molar-refractivity contribution in [3.05, 3.63) is 33.8 Å². The Bertz CT molecular complexity index is 489. The molecule has 1 fully saturated rings. The van der Waals surface area contributed by atoms with Crippen LogP contribution in [0.2, 0.25) is 10.0 Å². The summed E-state index contributed by atoms with van der Waals surface area (Å²) in [4.78, 5) is 13.8. The van der Waals surface area contributed by atoms with Gasteiger partial charge in [-0.2, -0.15) is 0 Å². The summed E-state index contributed by atoms with van der Waals surface area (Å²) in [6.07, 6.45) is 1.26. The normalized spacial score (nSPS) is 22.9. The number of β-amino-alcohol motifs (C(OH)–C–C–N with tert-alkyl or cyclic N) is 1. The average molecular weight is 318 g/mol. The van der Waals surface area contributed by atoms with E-state index in [2.05, 4.69) is 0 Å². The van der Waals surface area contributed by atoms with Crippen molar-refractivity contribution in [1.29, 1.82) is 0 Å². The molecule has 2 rings (SSSR count). The number of aliphatic hydroxyl groups excluding tert-OH is 1. The number of aliphatic hydroxyl groups is 2. The molecule has 20 heavy (non-hydrogen) atoms. The largest absolute Gasteiger partial charge is 0.393 e. The lowest BCUT2D eigenvalue weighted by atomic mass is 9.93. The van der Waals surface area contributed by atoms with Crippen LogP contribution in [0.5, 0.6) is 0 Å². The van der Waals surface area contributed by atoms with Crippen molar-refractivity contribution in [3.8, 4) is 0 Å². The lowest BCUT2D eigenvalue weighted by molar-refractivity contribution is -0.139. The Morgan fingerprint density at radius 2 is 2.00 bits per heavy atom. The number of halogens is 2. The minimum Gasteiger partial charge on any atom is -0.393 e. The second kappa shape index (κ2) is 6.31. The second-order valence-electron chi connectivity index (χ2n) is 5.18. The van der Waals surface area contributed by atoms with Gasteiger partial charge in [-0.05, 0) is 30.5 Å². The maximum absolute atomic E-state index is 12.3. The maximum atomic E-state index is 12.3. The van der Waals surface area contributed by atoms with Gasteiger partial charge in [-0.3, -0.25) is 4.79 Å². The highest BCUT2D eigenvalue weighted by molar-refractivity contribution is 6.36. The summed E-state index contributed by atoms with van der Waals surface area (Å²) >= 11 is 12.1. The summed E-state index contributed by atoms with van der Waals surface area (Å²) in [5.41, 5.74) is -0.600. The number of amides is 1. The summed E-state index contributed by atoms with van der Waals surface area (Å²) < 4.78 is 0. The van der Waals surface area contributed by atoms with Gasteiger partial charge >= 0.3 is 0 Å². The number of nitrogens with zero attached hydrogens (tertiary/aromatic N) is 1. The molecule has 1 atom stereocenters. The second-order valence-corrected chi connectivity index (χ2v) is 5.99. The molecular weight excluding hydrogens is 301 g/mol. The van der Waals surface area contributed by atoms with Gasteiger partial charge in [0.2, 0.25) is 5.91 Å². The molecule has 1 aromatic carbocycles. The molecule has 0 aromatic heterocycles. The Hall–Kier alpha value is -0.810. The first-order chi connectivity index (χ1) is 9.45. The van der Waals surface area contributed by atoms with E-state index < -0.39 is 5.60 Å². The lowest BCUT2D eigenvalue weighted by Gasteiger charge is -2.38. The molecular formula is C14H17Cl2NO3. The van der Waals surface area contributed by atoms with Crippen molar-refractivity contribution in [2.45, 2.75) is 24.9 Å². The maximum Gasteiger partial charge on any atom is 0.227 e. The third kappa shape index (κ3) is 3.44. The van der Waals surface area contributed by atoms with E-state index in [0.29, 0.717) is 35.0 Å². The zero-order valence-electron chi connectivity index (χ0n) is 11.0. The van der Waals surface area contributed by atoms with Gasteiger partial charge in [-0.25, -0.2) is 0 Å². The number of likely N-dealkylation sites (tertiary alicyclic amines) is 1. The molecule has 1 aromatic rings. The SMILES string of the molecule is O=C(Cc1c(Cl)cccc1Cl)N1CCCC(O)(CO)C1. The number of hydrogen-bond donors (Lipinski definition) is 2. The van der Waals surface area contributed by atoms with Crippen LogP contribution in [-0.2, 0) is 11.2 Å². The quantitative estimate of drug-likeness (QED) is 0.895. The molecule has 0 spiro atoms. The summed E-state index contributed by atoms with van der Waals surface area (Å²) in [5, 5.41) is 20.2. The Labute approximate surface area is 127 Å². The van der Waals surface area contributed by atoms with Crippen LogP contribution >= 0.6 is 23.2 Å². The first kappa shape index (κ1) is 15.6. The molecule has 0 saturated carbocycles. The molecule has 1 saturated heterocycles. The highest BCUT2D eigenvalue weighted by Gasteiger charge is 2.34. The topological polar surface area (TPSA) is 60.8 Å².